The molecule has 0 amide bonds. The minimum atomic E-state index is 0.340. The fourth-order valence-electron chi connectivity index (χ4n) is 3.87. The van der Waals surface area contributed by atoms with Crippen molar-refractivity contribution in [3.05, 3.63) is 17.0 Å². The van der Waals surface area contributed by atoms with E-state index in [1.165, 1.54) is 31.2 Å². The second-order valence-corrected chi connectivity index (χ2v) is 7.17. The number of guanidine groups is 1. The third-order valence-electron chi connectivity index (χ3n) is 5.54. The second kappa shape index (κ2) is 10.6. The van der Waals surface area contributed by atoms with E-state index in [4.69, 9.17) is 9.26 Å². The Morgan fingerprint density at radius 1 is 1.19 bits per heavy atom. The Balaban J connectivity index is 1.90. The summed E-state index contributed by atoms with van der Waals surface area (Å²) in [5, 5.41) is 11.2. The Bertz CT molecular complexity index is 541. The maximum atomic E-state index is 5.61. The van der Waals surface area contributed by atoms with E-state index < -0.39 is 0 Å². The molecule has 2 rings (SSSR count). The quantitative estimate of drug-likeness (QED) is 0.378. The molecule has 1 fully saturated rings. The van der Waals surface area contributed by atoms with Gasteiger partial charge >= 0.3 is 0 Å². The van der Waals surface area contributed by atoms with Crippen molar-refractivity contribution < 1.29 is 9.26 Å². The van der Waals surface area contributed by atoms with E-state index in [0.717, 1.165) is 56.4 Å². The van der Waals surface area contributed by atoms with Gasteiger partial charge in [-0.15, -0.1) is 0 Å². The first kappa shape index (κ1) is 20.7. The van der Waals surface area contributed by atoms with E-state index in [-0.39, 0.29) is 0 Å². The van der Waals surface area contributed by atoms with Crippen LogP contribution in [0.1, 0.15) is 69.9 Å². The molecule has 148 valence electrons. The van der Waals surface area contributed by atoms with E-state index in [9.17, 15) is 0 Å². The van der Waals surface area contributed by atoms with Gasteiger partial charge in [-0.25, -0.2) is 0 Å². The maximum Gasteiger partial charge on any atom is 0.191 e. The Hall–Kier alpha value is -1.56. The molecule has 0 spiro atoms. The number of aryl methyl sites for hydroxylation is 2. The van der Waals surface area contributed by atoms with Crippen molar-refractivity contribution in [2.75, 3.05) is 26.8 Å². The summed E-state index contributed by atoms with van der Waals surface area (Å²) >= 11 is 0. The van der Waals surface area contributed by atoms with E-state index in [2.05, 4.69) is 41.6 Å². The Labute approximate surface area is 158 Å². The van der Waals surface area contributed by atoms with Crippen LogP contribution in [-0.4, -0.2) is 37.9 Å². The third-order valence-corrected chi connectivity index (χ3v) is 5.54. The van der Waals surface area contributed by atoms with Gasteiger partial charge in [0.2, 0.25) is 0 Å². The zero-order valence-electron chi connectivity index (χ0n) is 17.0. The minimum Gasteiger partial charge on any atom is -0.382 e. The number of nitrogens with one attached hydrogen (secondary N) is 2. The van der Waals surface area contributed by atoms with E-state index in [0.29, 0.717) is 12.0 Å². The molecular formula is C20H36N4O2. The van der Waals surface area contributed by atoms with Gasteiger partial charge in [-0.2, -0.15) is 0 Å². The van der Waals surface area contributed by atoms with Crippen LogP contribution in [0.4, 0.5) is 0 Å². The minimum absolute atomic E-state index is 0.340. The van der Waals surface area contributed by atoms with Crippen molar-refractivity contribution in [2.24, 2.45) is 10.4 Å². The summed E-state index contributed by atoms with van der Waals surface area (Å²) in [5.41, 5.74) is 2.55. The van der Waals surface area contributed by atoms with Crippen molar-refractivity contribution in [2.45, 2.75) is 72.3 Å². The van der Waals surface area contributed by atoms with E-state index in [1.807, 2.05) is 7.05 Å². The smallest absolute Gasteiger partial charge is 0.191 e. The maximum absolute atomic E-state index is 5.61. The zero-order valence-corrected chi connectivity index (χ0v) is 17.0. The SMILES string of the molecule is CCOCCC1(CNC(=NC)NCc2c(CC)noc2CC)CCCC1. The summed E-state index contributed by atoms with van der Waals surface area (Å²) in [7, 11) is 1.83. The first-order valence-electron chi connectivity index (χ1n) is 10.2. The van der Waals surface area contributed by atoms with Crippen LogP contribution in [0.2, 0.25) is 0 Å². The van der Waals surface area contributed by atoms with Crippen LogP contribution in [0.5, 0.6) is 0 Å². The van der Waals surface area contributed by atoms with Crippen LogP contribution in [-0.2, 0) is 24.1 Å². The van der Waals surface area contributed by atoms with Gasteiger partial charge in [-0.3, -0.25) is 4.99 Å². The van der Waals surface area contributed by atoms with Gasteiger partial charge in [-0.1, -0.05) is 31.8 Å². The predicted octanol–water partition coefficient (Wildman–Crippen LogP) is 3.45. The molecule has 6 nitrogen and oxygen atoms in total. The predicted molar refractivity (Wildman–Crippen MR) is 105 cm³/mol. The first-order chi connectivity index (χ1) is 12.7. The lowest BCUT2D eigenvalue weighted by molar-refractivity contribution is 0.105. The highest BCUT2D eigenvalue weighted by Crippen LogP contribution is 2.40. The number of nitrogens with zero attached hydrogens (tertiary/aromatic N) is 2. The van der Waals surface area contributed by atoms with Crippen LogP contribution in [0.25, 0.3) is 0 Å². The first-order valence-corrected chi connectivity index (χ1v) is 10.2. The van der Waals surface area contributed by atoms with Crippen molar-refractivity contribution in [3.63, 3.8) is 0 Å². The molecule has 6 heteroatoms. The van der Waals surface area contributed by atoms with Crippen molar-refractivity contribution >= 4 is 5.96 Å². The monoisotopic (exact) mass is 364 g/mol. The molecule has 1 saturated carbocycles. The fourth-order valence-corrected chi connectivity index (χ4v) is 3.87. The summed E-state index contributed by atoms with van der Waals surface area (Å²) in [5.74, 6) is 1.81. The van der Waals surface area contributed by atoms with Crippen LogP contribution in [0, 0.1) is 5.41 Å². The largest absolute Gasteiger partial charge is 0.382 e. The van der Waals surface area contributed by atoms with E-state index in [1.54, 1.807) is 0 Å². The van der Waals surface area contributed by atoms with Crippen LogP contribution in [0.15, 0.2) is 9.52 Å². The van der Waals surface area contributed by atoms with Gasteiger partial charge in [0.1, 0.15) is 5.76 Å². The highest BCUT2D eigenvalue weighted by molar-refractivity contribution is 5.79. The average molecular weight is 365 g/mol. The highest BCUT2D eigenvalue weighted by Gasteiger charge is 2.33. The number of hydrogen-bond donors (Lipinski definition) is 2. The van der Waals surface area contributed by atoms with Crippen LogP contribution >= 0.6 is 0 Å². The molecule has 0 atom stereocenters. The molecule has 0 saturated heterocycles. The molecule has 1 aromatic rings. The number of aromatic nitrogens is 1. The molecule has 0 bridgehead atoms. The Kier molecular flexibility index (Phi) is 8.42. The summed E-state index contributed by atoms with van der Waals surface area (Å²) in [6, 6.07) is 0. The molecule has 0 aromatic carbocycles. The molecule has 2 N–H and O–H groups in total. The van der Waals surface area contributed by atoms with E-state index >= 15 is 0 Å². The lowest BCUT2D eigenvalue weighted by Crippen LogP contribution is -2.43. The molecular weight excluding hydrogens is 328 g/mol. The van der Waals surface area contributed by atoms with Gasteiger partial charge in [0.25, 0.3) is 0 Å². The van der Waals surface area contributed by atoms with Gasteiger partial charge in [0.05, 0.1) is 5.69 Å². The topological polar surface area (TPSA) is 71.7 Å². The van der Waals surface area contributed by atoms with Gasteiger partial charge in [0, 0.05) is 45.3 Å². The van der Waals surface area contributed by atoms with Crippen LogP contribution < -0.4 is 10.6 Å². The normalized spacial score (nSPS) is 16.8. The molecule has 0 radical (unpaired) electrons. The molecule has 1 aliphatic carbocycles. The molecule has 0 unspecified atom stereocenters. The molecule has 1 heterocycles. The fraction of sp³-hybridized carbons (Fsp3) is 0.800. The average Bonchev–Trinajstić information content (AvgIpc) is 3.29. The van der Waals surface area contributed by atoms with Crippen molar-refractivity contribution in [1.29, 1.82) is 0 Å². The lowest BCUT2D eigenvalue weighted by atomic mass is 9.83. The van der Waals surface area contributed by atoms with Gasteiger partial charge < -0.3 is 19.9 Å². The molecule has 1 aliphatic rings. The molecule has 26 heavy (non-hydrogen) atoms. The van der Waals surface area contributed by atoms with Gasteiger partial charge in [0.15, 0.2) is 5.96 Å². The number of hydrogen-bond acceptors (Lipinski definition) is 4. The summed E-state index contributed by atoms with van der Waals surface area (Å²) in [6.07, 6.45) is 8.05. The highest BCUT2D eigenvalue weighted by atomic mass is 16.5. The summed E-state index contributed by atoms with van der Waals surface area (Å²) < 4.78 is 11.1. The number of ether oxygens (including phenoxy) is 1. The molecule has 0 aliphatic heterocycles. The Morgan fingerprint density at radius 2 is 1.96 bits per heavy atom. The number of aliphatic imine (C=N–C) groups is 1. The van der Waals surface area contributed by atoms with Crippen molar-refractivity contribution in [3.8, 4) is 0 Å². The number of rotatable bonds is 10. The second-order valence-electron chi connectivity index (χ2n) is 7.17. The lowest BCUT2D eigenvalue weighted by Gasteiger charge is -2.30. The third kappa shape index (κ3) is 5.47. The standard InChI is InChI=1S/C20H36N4O2/c1-5-17-16(18(6-2)26-24-17)14-22-19(21-4)23-15-20(10-8-9-11-20)12-13-25-7-3/h5-15H2,1-4H3,(H2,21,22,23). The summed E-state index contributed by atoms with van der Waals surface area (Å²) in [6.45, 7) is 9.56. The van der Waals surface area contributed by atoms with Crippen LogP contribution in [0.3, 0.4) is 0 Å². The van der Waals surface area contributed by atoms with Crippen molar-refractivity contribution in [1.82, 2.24) is 15.8 Å². The zero-order chi connectivity index (χ0) is 18.8. The Morgan fingerprint density at radius 3 is 2.58 bits per heavy atom. The van der Waals surface area contributed by atoms with Gasteiger partial charge in [-0.05, 0) is 38.0 Å². The molecule has 1 aromatic heterocycles. The summed E-state index contributed by atoms with van der Waals surface area (Å²) in [4.78, 5) is 4.40.